The van der Waals surface area contributed by atoms with Crippen molar-refractivity contribution in [1.29, 1.82) is 0 Å². The molecule has 3 nitrogen and oxygen atoms in total. The van der Waals surface area contributed by atoms with Gasteiger partial charge in [0.05, 0.1) is 6.10 Å². The molecule has 0 spiro atoms. The predicted molar refractivity (Wildman–Crippen MR) is 85.0 cm³/mol. The van der Waals surface area contributed by atoms with Gasteiger partial charge in [-0.3, -0.25) is 4.79 Å². The van der Waals surface area contributed by atoms with E-state index in [-0.39, 0.29) is 17.3 Å². The van der Waals surface area contributed by atoms with Gasteiger partial charge in [0, 0.05) is 17.7 Å². The third-order valence-electron chi connectivity index (χ3n) is 3.60. The minimum Gasteiger partial charge on any atom is -0.287 e. The Morgan fingerprint density at radius 3 is 2.67 bits per heavy atom. The van der Waals surface area contributed by atoms with Crippen molar-refractivity contribution in [1.82, 2.24) is 0 Å². The highest BCUT2D eigenvalue weighted by Gasteiger charge is 2.29. The maximum Gasteiger partial charge on any atom is 0.196 e. The molecule has 1 aromatic rings. The average molecular weight is 308 g/mol. The summed E-state index contributed by atoms with van der Waals surface area (Å²) in [5.74, 6) is 0. The van der Waals surface area contributed by atoms with E-state index in [0.717, 1.165) is 17.7 Å². The molecule has 1 aliphatic heterocycles. The van der Waals surface area contributed by atoms with Crippen LogP contribution in [0.25, 0.3) is 0 Å². The van der Waals surface area contributed by atoms with Crippen LogP contribution in [0.2, 0.25) is 0 Å². The summed E-state index contributed by atoms with van der Waals surface area (Å²) in [6.07, 6.45) is 7.35. The zero-order valence-corrected chi connectivity index (χ0v) is 13.4. The molecule has 0 N–H and O–H groups in total. The van der Waals surface area contributed by atoms with Crippen molar-refractivity contribution in [2.75, 3.05) is 0 Å². The molecule has 0 amide bonds. The van der Waals surface area contributed by atoms with E-state index in [1.165, 1.54) is 37.4 Å². The molecule has 2 unspecified atom stereocenters. The molecule has 1 saturated heterocycles. The van der Waals surface area contributed by atoms with E-state index in [9.17, 15) is 4.79 Å². The van der Waals surface area contributed by atoms with Crippen LogP contribution in [-0.4, -0.2) is 17.3 Å². The number of carbonyl (C=O) groups excluding carboxylic acids is 1. The van der Waals surface area contributed by atoms with Crippen LogP contribution in [0.1, 0.15) is 51.9 Å². The van der Waals surface area contributed by atoms with Crippen molar-refractivity contribution in [2.45, 2.75) is 69.0 Å². The van der Waals surface area contributed by atoms with Gasteiger partial charge >= 0.3 is 0 Å². The van der Waals surface area contributed by atoms with Crippen LogP contribution in [0.15, 0.2) is 35.2 Å². The van der Waals surface area contributed by atoms with Gasteiger partial charge in [0.2, 0.25) is 0 Å². The van der Waals surface area contributed by atoms with Crippen LogP contribution < -0.4 is 0 Å². The molecule has 1 aromatic carbocycles. The van der Waals surface area contributed by atoms with Gasteiger partial charge in [0.15, 0.2) is 5.12 Å². The molecule has 116 valence electrons. The number of thioether (sulfide) groups is 1. The van der Waals surface area contributed by atoms with Crippen LogP contribution >= 0.6 is 11.8 Å². The van der Waals surface area contributed by atoms with Gasteiger partial charge in [-0.15, -0.1) is 0 Å². The summed E-state index contributed by atoms with van der Waals surface area (Å²) >= 11 is 1.28. The summed E-state index contributed by atoms with van der Waals surface area (Å²) in [6, 6.07) is 9.73. The van der Waals surface area contributed by atoms with Crippen LogP contribution in [0.3, 0.4) is 0 Å². The largest absolute Gasteiger partial charge is 0.287 e. The van der Waals surface area contributed by atoms with Gasteiger partial charge in [-0.25, -0.2) is 9.78 Å². The second-order valence-electron chi connectivity index (χ2n) is 5.51. The molecular formula is C17H24O3S. The summed E-state index contributed by atoms with van der Waals surface area (Å²) < 4.78 is 0. The molecule has 1 heterocycles. The van der Waals surface area contributed by atoms with Crippen molar-refractivity contribution in [3.63, 3.8) is 0 Å². The van der Waals surface area contributed by atoms with E-state index in [0.29, 0.717) is 6.42 Å². The van der Waals surface area contributed by atoms with E-state index >= 15 is 0 Å². The number of benzene rings is 1. The zero-order valence-electron chi connectivity index (χ0n) is 12.6. The van der Waals surface area contributed by atoms with Gasteiger partial charge in [0.25, 0.3) is 0 Å². The standard InChI is InChI=1S/C17H24O3S/c1-2-3-4-6-9-14-12-15(20-19-14)13-17(18)21-16-10-7-5-8-11-16/h5,7-8,10-11,14-15H,2-4,6,9,12-13H2,1H3. The Kier molecular flexibility index (Phi) is 7.27. The van der Waals surface area contributed by atoms with Crippen LogP contribution in [0.5, 0.6) is 0 Å². The van der Waals surface area contributed by atoms with Crippen molar-refractivity contribution in [2.24, 2.45) is 0 Å². The van der Waals surface area contributed by atoms with Crippen LogP contribution in [0, 0.1) is 0 Å². The third-order valence-corrected chi connectivity index (χ3v) is 4.50. The Balaban J connectivity index is 1.64. The molecule has 1 aliphatic rings. The second-order valence-corrected chi connectivity index (χ2v) is 6.64. The van der Waals surface area contributed by atoms with E-state index < -0.39 is 0 Å². The van der Waals surface area contributed by atoms with Crippen molar-refractivity contribution in [3.05, 3.63) is 30.3 Å². The van der Waals surface area contributed by atoms with E-state index in [2.05, 4.69) is 6.92 Å². The van der Waals surface area contributed by atoms with Crippen molar-refractivity contribution < 1.29 is 14.6 Å². The normalized spacial score (nSPS) is 21.6. The molecule has 0 aromatic heterocycles. The number of hydrogen-bond donors (Lipinski definition) is 0. The fourth-order valence-corrected chi connectivity index (χ4v) is 3.28. The Labute approximate surface area is 131 Å². The number of hydrogen-bond acceptors (Lipinski definition) is 4. The predicted octanol–water partition coefficient (Wildman–Crippen LogP) is 4.75. The minimum atomic E-state index is -0.0788. The van der Waals surface area contributed by atoms with Gasteiger partial charge < -0.3 is 0 Å². The molecule has 1 fully saturated rings. The third kappa shape index (κ3) is 6.20. The first-order valence-corrected chi connectivity index (χ1v) is 8.67. The lowest BCUT2D eigenvalue weighted by atomic mass is 10.0. The first-order valence-electron chi connectivity index (χ1n) is 7.85. The molecule has 0 aliphatic carbocycles. The fourth-order valence-electron chi connectivity index (χ4n) is 2.46. The van der Waals surface area contributed by atoms with Crippen molar-refractivity contribution in [3.8, 4) is 0 Å². The Morgan fingerprint density at radius 1 is 1.14 bits per heavy atom. The zero-order chi connectivity index (χ0) is 14.9. The highest BCUT2D eigenvalue weighted by Crippen LogP contribution is 2.27. The Hall–Kier alpha value is -0.840. The fraction of sp³-hybridized carbons (Fsp3) is 0.588. The quantitative estimate of drug-likeness (QED) is 0.394. The van der Waals surface area contributed by atoms with Gasteiger partial charge in [-0.2, -0.15) is 0 Å². The summed E-state index contributed by atoms with van der Waals surface area (Å²) in [4.78, 5) is 23.6. The van der Waals surface area contributed by atoms with E-state index in [1.54, 1.807) is 0 Å². The lowest BCUT2D eigenvalue weighted by molar-refractivity contribution is -0.296. The highest BCUT2D eigenvalue weighted by atomic mass is 32.2. The maximum absolute atomic E-state index is 12.0. The summed E-state index contributed by atoms with van der Waals surface area (Å²) in [6.45, 7) is 2.21. The van der Waals surface area contributed by atoms with Crippen molar-refractivity contribution >= 4 is 16.9 Å². The smallest absolute Gasteiger partial charge is 0.196 e. The van der Waals surface area contributed by atoms with Gasteiger partial charge in [0.1, 0.15) is 6.10 Å². The molecular weight excluding hydrogens is 284 g/mol. The minimum absolute atomic E-state index is 0.0788. The molecule has 0 bridgehead atoms. The highest BCUT2D eigenvalue weighted by molar-refractivity contribution is 8.13. The van der Waals surface area contributed by atoms with Gasteiger partial charge in [-0.05, 0) is 18.6 Å². The first kappa shape index (κ1) is 16.5. The summed E-state index contributed by atoms with van der Waals surface area (Å²) in [5, 5.41) is 0.140. The van der Waals surface area contributed by atoms with Crippen LogP contribution in [-0.2, 0) is 14.6 Å². The lowest BCUT2D eigenvalue weighted by Gasteiger charge is -2.05. The molecule has 2 atom stereocenters. The monoisotopic (exact) mass is 308 g/mol. The van der Waals surface area contributed by atoms with E-state index in [1.807, 2.05) is 30.3 Å². The Bertz CT molecular complexity index is 421. The topological polar surface area (TPSA) is 35.5 Å². The van der Waals surface area contributed by atoms with Crippen LogP contribution in [0.4, 0.5) is 0 Å². The molecule has 21 heavy (non-hydrogen) atoms. The Morgan fingerprint density at radius 2 is 1.90 bits per heavy atom. The van der Waals surface area contributed by atoms with E-state index in [4.69, 9.17) is 9.78 Å². The number of unbranched alkanes of at least 4 members (excludes halogenated alkanes) is 3. The maximum atomic E-state index is 12.0. The molecule has 0 saturated carbocycles. The number of rotatable bonds is 8. The number of carbonyl (C=O) groups is 1. The molecule has 2 rings (SSSR count). The summed E-state index contributed by atoms with van der Waals surface area (Å²) in [7, 11) is 0. The second kappa shape index (κ2) is 9.23. The molecule has 4 heteroatoms. The first-order chi connectivity index (χ1) is 10.3. The lowest BCUT2D eigenvalue weighted by Crippen LogP contribution is -2.11. The molecule has 0 radical (unpaired) electrons. The SMILES string of the molecule is CCCCCCC1CC(CC(=O)Sc2ccccc2)OO1. The van der Waals surface area contributed by atoms with Gasteiger partial charge in [-0.1, -0.05) is 62.6 Å². The average Bonchev–Trinajstić information content (AvgIpc) is 2.92. The summed E-state index contributed by atoms with van der Waals surface area (Å²) in [5.41, 5.74) is 0.